The van der Waals surface area contributed by atoms with Crippen LogP contribution in [0.4, 0.5) is 0 Å². The van der Waals surface area contributed by atoms with Crippen molar-refractivity contribution in [3.05, 3.63) is 81.4 Å². The lowest BCUT2D eigenvalue weighted by Gasteiger charge is -2.41. The van der Waals surface area contributed by atoms with E-state index in [1.54, 1.807) is 38.2 Å². The molecule has 2 saturated heterocycles. The van der Waals surface area contributed by atoms with E-state index in [0.29, 0.717) is 46.1 Å². The lowest BCUT2D eigenvalue weighted by Crippen LogP contribution is -2.57. The minimum Gasteiger partial charge on any atom is -0.490 e. The van der Waals surface area contributed by atoms with E-state index in [1.807, 2.05) is 33.9 Å². The average Bonchev–Trinajstić information content (AvgIpc) is 2.92. The van der Waals surface area contributed by atoms with E-state index in [2.05, 4.69) is 33.6 Å². The molecule has 2 aromatic heterocycles. The second kappa shape index (κ2) is 13.8. The number of rotatable bonds is 8. The summed E-state index contributed by atoms with van der Waals surface area (Å²) in [6.07, 6.45) is 5.12. The second-order valence-corrected chi connectivity index (χ2v) is 11.1. The van der Waals surface area contributed by atoms with Crippen LogP contribution in [0.25, 0.3) is 0 Å². The molecule has 214 valence electrons. The number of hydrogen-bond acceptors (Lipinski definition) is 8. The number of halogens is 2. The van der Waals surface area contributed by atoms with Gasteiger partial charge in [-0.1, -0.05) is 46.9 Å². The van der Waals surface area contributed by atoms with Crippen molar-refractivity contribution in [3.8, 4) is 35.2 Å². The minimum atomic E-state index is -0.485. The van der Waals surface area contributed by atoms with Crippen LogP contribution in [0.15, 0.2) is 48.8 Å². The summed E-state index contributed by atoms with van der Waals surface area (Å²) in [4.78, 5) is 12.4. The molecule has 3 aromatic rings. The first-order valence-electron chi connectivity index (χ1n) is 13.8. The summed E-state index contributed by atoms with van der Waals surface area (Å²) in [6.45, 7) is 6.18. The summed E-state index contributed by atoms with van der Waals surface area (Å²) >= 11 is 12.6. The third kappa shape index (κ3) is 7.59. The van der Waals surface area contributed by atoms with Crippen LogP contribution in [0, 0.1) is 23.7 Å². The Hall–Kier alpha value is -3.21. The topological polar surface area (TPSA) is 91.2 Å². The highest BCUT2D eigenvalue weighted by atomic mass is 35.5. The Balaban J connectivity index is 1.19. The monoisotopic (exact) mass is 602 g/mol. The molecule has 0 bridgehead atoms. The second-order valence-electron chi connectivity index (χ2n) is 10.3. The van der Waals surface area contributed by atoms with Gasteiger partial charge >= 0.3 is 14.1 Å². The Morgan fingerprint density at radius 1 is 0.762 bits per heavy atom. The lowest BCUT2D eigenvalue weighted by atomic mass is 9.78. The molecular weight excluding hydrogens is 573 g/mol. The van der Waals surface area contributed by atoms with E-state index in [-0.39, 0.29) is 12.1 Å². The van der Waals surface area contributed by atoms with Gasteiger partial charge in [-0.2, -0.15) is 0 Å². The van der Waals surface area contributed by atoms with Gasteiger partial charge in [0.2, 0.25) is 0 Å². The fourth-order valence-corrected chi connectivity index (χ4v) is 5.06. The molecule has 8 nitrogen and oxygen atoms in total. The maximum absolute atomic E-state index is 9.78. The summed E-state index contributed by atoms with van der Waals surface area (Å²) in [6, 6.07) is 11.4. The first-order valence-corrected chi connectivity index (χ1v) is 14.6. The maximum Gasteiger partial charge on any atom is 0.376 e. The number of aromatic nitrogens is 2. The molecule has 0 aliphatic carbocycles. The zero-order valence-corrected chi connectivity index (χ0v) is 24.9. The number of pyridine rings is 2. The summed E-state index contributed by atoms with van der Waals surface area (Å²) in [5.74, 6) is 13.5. The SMILES string of the molecule is CB(O)N1CC[C@@H]1COc1cnc(Cl)c(C#Cc2ccc(C#Cc3cc(OC[C@@H]4CCN4B(C)O)cnc3Cl)cc2)c1. The molecular formula is C30H30B2Cl2N4O4. The molecule has 12 heteroatoms. The Labute approximate surface area is 257 Å². The van der Waals surface area contributed by atoms with Gasteiger partial charge in [0.05, 0.1) is 23.5 Å². The van der Waals surface area contributed by atoms with E-state index in [0.717, 1.165) is 37.1 Å². The van der Waals surface area contributed by atoms with Gasteiger partial charge in [0.15, 0.2) is 0 Å². The van der Waals surface area contributed by atoms with Crippen LogP contribution in [0.2, 0.25) is 24.0 Å². The molecule has 2 N–H and O–H groups in total. The van der Waals surface area contributed by atoms with Gasteiger partial charge in [-0.15, -0.1) is 0 Å². The van der Waals surface area contributed by atoms with Crippen molar-refractivity contribution < 1.29 is 19.5 Å². The highest BCUT2D eigenvalue weighted by molar-refractivity contribution is 6.46. The zero-order chi connectivity index (χ0) is 29.6. The van der Waals surface area contributed by atoms with E-state index in [1.165, 1.54) is 0 Å². The largest absolute Gasteiger partial charge is 0.490 e. The van der Waals surface area contributed by atoms with Gasteiger partial charge in [0.1, 0.15) is 35.0 Å². The highest BCUT2D eigenvalue weighted by Gasteiger charge is 2.34. The van der Waals surface area contributed by atoms with Crippen LogP contribution >= 0.6 is 23.2 Å². The zero-order valence-electron chi connectivity index (χ0n) is 23.4. The normalized spacial score (nSPS) is 18.0. The van der Waals surface area contributed by atoms with Crippen molar-refractivity contribution in [1.82, 2.24) is 19.6 Å². The van der Waals surface area contributed by atoms with Crippen molar-refractivity contribution in [2.24, 2.45) is 0 Å². The van der Waals surface area contributed by atoms with Crippen molar-refractivity contribution in [1.29, 1.82) is 0 Å². The first kappa shape index (κ1) is 30.3. The van der Waals surface area contributed by atoms with Crippen molar-refractivity contribution >= 4 is 37.3 Å². The number of hydrogen-bond donors (Lipinski definition) is 2. The summed E-state index contributed by atoms with van der Waals surface area (Å²) < 4.78 is 11.8. The smallest absolute Gasteiger partial charge is 0.376 e. The van der Waals surface area contributed by atoms with Crippen molar-refractivity contribution in [3.63, 3.8) is 0 Å². The third-order valence-corrected chi connectivity index (χ3v) is 8.02. The van der Waals surface area contributed by atoms with Crippen LogP contribution in [0.1, 0.15) is 35.1 Å². The Bertz CT molecular complexity index is 1420. The molecule has 2 atom stereocenters. The molecule has 2 fully saturated rings. The standard InChI is InChI=1S/C30H30B2Cl2N4O4/c1-31(39)37-13-11-25(37)19-41-27-15-23(29(33)35-17-27)9-7-21-3-5-22(6-4-21)8-10-24-16-28(18-36-30(24)34)42-20-26-12-14-38(26)32(2)40/h3-6,15-18,25-26,39-40H,11-14,19-20H2,1-2H3/t25-,26+. The van der Waals surface area contributed by atoms with E-state index < -0.39 is 14.1 Å². The fraction of sp³-hybridized carbons (Fsp3) is 0.333. The van der Waals surface area contributed by atoms with Gasteiger partial charge in [-0.3, -0.25) is 0 Å². The first-order chi connectivity index (χ1) is 20.3. The molecule has 0 unspecified atom stereocenters. The number of benzene rings is 1. The summed E-state index contributed by atoms with van der Waals surface area (Å²) in [5, 5.41) is 20.2. The van der Waals surface area contributed by atoms with Crippen molar-refractivity contribution in [2.75, 3.05) is 26.3 Å². The Kier molecular flexibility index (Phi) is 9.97. The molecule has 0 spiro atoms. The molecule has 0 saturated carbocycles. The third-order valence-electron chi connectivity index (χ3n) is 7.42. The molecule has 5 rings (SSSR count). The summed E-state index contributed by atoms with van der Waals surface area (Å²) in [7, 11) is -0.970. The molecule has 2 aliphatic rings. The Morgan fingerprint density at radius 3 is 1.50 bits per heavy atom. The maximum atomic E-state index is 9.78. The molecule has 0 amide bonds. The molecule has 0 radical (unpaired) electrons. The quantitative estimate of drug-likeness (QED) is 0.229. The van der Waals surface area contributed by atoms with E-state index >= 15 is 0 Å². The Morgan fingerprint density at radius 2 is 1.17 bits per heavy atom. The summed E-state index contributed by atoms with van der Waals surface area (Å²) in [5.41, 5.74) is 2.72. The predicted octanol–water partition coefficient (Wildman–Crippen LogP) is 3.71. The fourth-order valence-electron chi connectivity index (χ4n) is 4.76. The van der Waals surface area contributed by atoms with Gasteiger partial charge < -0.3 is 29.1 Å². The predicted molar refractivity (Wildman–Crippen MR) is 166 cm³/mol. The van der Waals surface area contributed by atoms with E-state index in [4.69, 9.17) is 32.7 Å². The van der Waals surface area contributed by atoms with Crippen LogP contribution < -0.4 is 9.47 Å². The van der Waals surface area contributed by atoms with Crippen LogP contribution in [-0.4, -0.2) is 82.1 Å². The number of nitrogens with zero attached hydrogens (tertiary/aromatic N) is 4. The van der Waals surface area contributed by atoms with Gasteiger partial charge in [0, 0.05) is 35.3 Å². The number of ether oxygens (including phenoxy) is 2. The minimum absolute atomic E-state index is 0.182. The lowest BCUT2D eigenvalue weighted by molar-refractivity contribution is 0.110. The molecule has 2 aliphatic heterocycles. The van der Waals surface area contributed by atoms with Gasteiger partial charge in [-0.05, 0) is 63.8 Å². The average molecular weight is 603 g/mol. The van der Waals surface area contributed by atoms with E-state index in [9.17, 15) is 10.0 Å². The highest BCUT2D eigenvalue weighted by Crippen LogP contribution is 2.24. The van der Waals surface area contributed by atoms with Crippen LogP contribution in [0.3, 0.4) is 0 Å². The van der Waals surface area contributed by atoms with Gasteiger partial charge in [-0.25, -0.2) is 9.97 Å². The molecule has 42 heavy (non-hydrogen) atoms. The van der Waals surface area contributed by atoms with Gasteiger partial charge in [0.25, 0.3) is 0 Å². The van der Waals surface area contributed by atoms with Crippen molar-refractivity contribution in [2.45, 2.75) is 38.6 Å². The van der Waals surface area contributed by atoms with Crippen LogP contribution in [-0.2, 0) is 0 Å². The molecule has 1 aromatic carbocycles. The van der Waals surface area contributed by atoms with Crippen LogP contribution in [0.5, 0.6) is 11.5 Å². The molecule has 4 heterocycles.